The second-order valence-electron chi connectivity index (χ2n) is 6.14. The fourth-order valence-electron chi connectivity index (χ4n) is 2.52. The summed E-state index contributed by atoms with van der Waals surface area (Å²) in [6.07, 6.45) is 14.5. The minimum Gasteiger partial charge on any atom is -0.467 e. The lowest BCUT2D eigenvalue weighted by Gasteiger charge is -2.23. The van der Waals surface area contributed by atoms with Crippen molar-refractivity contribution in [3.8, 4) is 0 Å². The van der Waals surface area contributed by atoms with Crippen LogP contribution >= 0.6 is 0 Å². The predicted octanol–water partition coefficient (Wildman–Crippen LogP) is 4.10. The van der Waals surface area contributed by atoms with E-state index in [4.69, 9.17) is 9.47 Å². The average molecular weight is 354 g/mol. The first-order chi connectivity index (χ1) is 12.0. The van der Waals surface area contributed by atoms with Crippen LogP contribution < -0.4 is 0 Å². The van der Waals surface area contributed by atoms with Crippen LogP contribution in [0.3, 0.4) is 0 Å². The molecule has 0 fully saturated rings. The van der Waals surface area contributed by atoms with Gasteiger partial charge in [0.2, 0.25) is 0 Å². The number of ether oxygens (including phenoxy) is 2. The minimum atomic E-state index is -1.51. The van der Waals surface area contributed by atoms with Gasteiger partial charge in [0.15, 0.2) is 5.60 Å². The number of aliphatic hydroxyl groups is 1. The predicted molar refractivity (Wildman–Crippen MR) is 99.1 cm³/mol. The Hall–Kier alpha value is -1.62. The molecule has 25 heavy (non-hydrogen) atoms. The molecule has 0 aliphatic carbocycles. The van der Waals surface area contributed by atoms with Crippen molar-refractivity contribution in [1.29, 1.82) is 0 Å². The zero-order chi connectivity index (χ0) is 19.0. The van der Waals surface area contributed by atoms with Gasteiger partial charge in [-0.1, -0.05) is 63.7 Å². The van der Waals surface area contributed by atoms with E-state index in [0.29, 0.717) is 13.0 Å². The van der Waals surface area contributed by atoms with E-state index in [1.165, 1.54) is 44.9 Å². The molecule has 144 valence electrons. The Morgan fingerprint density at radius 2 is 1.64 bits per heavy atom. The highest BCUT2D eigenvalue weighted by molar-refractivity contribution is 5.82. The first-order valence-corrected chi connectivity index (χ1v) is 9.31. The first-order valence-electron chi connectivity index (χ1n) is 9.31. The monoisotopic (exact) mass is 354 g/mol. The summed E-state index contributed by atoms with van der Waals surface area (Å²) in [6, 6.07) is 0. The van der Waals surface area contributed by atoms with Crippen molar-refractivity contribution < 1.29 is 24.2 Å². The number of unbranched alkanes of at least 4 members (excludes halogenated alkanes) is 6. The summed E-state index contributed by atoms with van der Waals surface area (Å²) >= 11 is 0. The number of carbonyl (C=O) groups excluding carboxylic acids is 2. The number of esters is 2. The van der Waals surface area contributed by atoms with E-state index >= 15 is 0 Å². The number of carbonyl (C=O) groups is 2. The molecule has 0 aromatic carbocycles. The zero-order valence-electron chi connectivity index (χ0n) is 16.0. The van der Waals surface area contributed by atoms with Gasteiger partial charge in [0.1, 0.15) is 0 Å². The molecule has 0 aliphatic rings. The van der Waals surface area contributed by atoms with E-state index in [2.05, 4.69) is 6.92 Å². The fraction of sp³-hybridized carbons (Fsp3) is 0.700. The highest BCUT2D eigenvalue weighted by Gasteiger charge is 2.35. The van der Waals surface area contributed by atoms with Crippen LogP contribution in [0.1, 0.15) is 71.6 Å². The summed E-state index contributed by atoms with van der Waals surface area (Å²) in [6.45, 7) is 4.25. The van der Waals surface area contributed by atoms with Gasteiger partial charge in [0.25, 0.3) is 0 Å². The van der Waals surface area contributed by atoms with Crippen LogP contribution in [0.5, 0.6) is 0 Å². The lowest BCUT2D eigenvalue weighted by Crippen LogP contribution is -2.39. The zero-order valence-corrected chi connectivity index (χ0v) is 16.0. The molecule has 0 spiro atoms. The van der Waals surface area contributed by atoms with Crippen LogP contribution in [0.2, 0.25) is 0 Å². The Morgan fingerprint density at radius 1 is 1.00 bits per heavy atom. The summed E-state index contributed by atoms with van der Waals surface area (Å²) < 4.78 is 9.50. The molecule has 0 radical (unpaired) electrons. The Balaban J connectivity index is 4.32. The largest absolute Gasteiger partial charge is 0.467 e. The number of hydrogen-bond acceptors (Lipinski definition) is 5. The summed E-state index contributed by atoms with van der Waals surface area (Å²) in [5.74, 6) is -1.03. The molecule has 0 bridgehead atoms. The molecule has 5 nitrogen and oxygen atoms in total. The van der Waals surface area contributed by atoms with Crippen molar-refractivity contribution in [3.63, 3.8) is 0 Å². The van der Waals surface area contributed by atoms with Crippen LogP contribution in [-0.4, -0.2) is 36.4 Å². The van der Waals surface area contributed by atoms with Gasteiger partial charge >= 0.3 is 11.9 Å². The van der Waals surface area contributed by atoms with E-state index in [-0.39, 0.29) is 6.42 Å². The summed E-state index contributed by atoms with van der Waals surface area (Å²) in [7, 11) is 1.28. The summed E-state index contributed by atoms with van der Waals surface area (Å²) in [5, 5.41) is 10.6. The maximum atomic E-state index is 11.9. The highest BCUT2D eigenvalue weighted by Crippen LogP contribution is 2.22. The SMILES string of the molecule is CCCCCCCCCC(O)(C/C=C/C=C/C(=O)OCC)C(=O)OC. The van der Waals surface area contributed by atoms with Crippen LogP contribution in [-0.2, 0) is 19.1 Å². The first kappa shape index (κ1) is 23.4. The van der Waals surface area contributed by atoms with Gasteiger partial charge in [0, 0.05) is 12.5 Å². The van der Waals surface area contributed by atoms with Crippen LogP contribution in [0.25, 0.3) is 0 Å². The number of allylic oxidation sites excluding steroid dienone is 2. The molecule has 0 aromatic rings. The van der Waals surface area contributed by atoms with Crippen molar-refractivity contribution in [2.24, 2.45) is 0 Å². The second kappa shape index (κ2) is 14.7. The molecule has 0 aliphatic heterocycles. The minimum absolute atomic E-state index is 0.155. The van der Waals surface area contributed by atoms with Crippen molar-refractivity contribution in [2.75, 3.05) is 13.7 Å². The molecule has 0 rings (SSSR count). The van der Waals surface area contributed by atoms with Gasteiger partial charge in [-0.15, -0.1) is 0 Å². The van der Waals surface area contributed by atoms with Gasteiger partial charge in [-0.05, 0) is 19.8 Å². The van der Waals surface area contributed by atoms with Crippen LogP contribution in [0.15, 0.2) is 24.3 Å². The second-order valence-corrected chi connectivity index (χ2v) is 6.14. The highest BCUT2D eigenvalue weighted by atomic mass is 16.5. The summed E-state index contributed by atoms with van der Waals surface area (Å²) in [4.78, 5) is 23.1. The molecule has 0 saturated carbocycles. The van der Waals surface area contributed by atoms with E-state index in [9.17, 15) is 14.7 Å². The third kappa shape index (κ3) is 11.5. The topological polar surface area (TPSA) is 72.8 Å². The lowest BCUT2D eigenvalue weighted by molar-refractivity contribution is -0.162. The number of methoxy groups -OCH3 is 1. The third-order valence-electron chi connectivity index (χ3n) is 3.98. The molecular weight excluding hydrogens is 320 g/mol. The lowest BCUT2D eigenvalue weighted by atomic mass is 9.92. The van der Waals surface area contributed by atoms with Gasteiger partial charge in [-0.25, -0.2) is 9.59 Å². The van der Waals surface area contributed by atoms with E-state index < -0.39 is 17.5 Å². The molecular formula is C20H34O5. The van der Waals surface area contributed by atoms with Gasteiger partial charge in [-0.2, -0.15) is 0 Å². The van der Waals surface area contributed by atoms with Gasteiger partial charge < -0.3 is 14.6 Å². The van der Waals surface area contributed by atoms with Crippen molar-refractivity contribution in [1.82, 2.24) is 0 Å². The Labute approximate surface area is 152 Å². The molecule has 0 aromatic heterocycles. The standard InChI is InChI=1S/C20H34O5/c1-4-6-7-8-9-10-13-16-20(23,19(22)24-3)17-14-11-12-15-18(21)25-5-2/h11-12,14-15,23H,4-10,13,16-17H2,1-3H3/b14-11+,15-12+. The van der Waals surface area contributed by atoms with Gasteiger partial charge in [-0.3, -0.25) is 0 Å². The Morgan fingerprint density at radius 3 is 2.24 bits per heavy atom. The van der Waals surface area contributed by atoms with Crippen molar-refractivity contribution in [3.05, 3.63) is 24.3 Å². The van der Waals surface area contributed by atoms with Crippen molar-refractivity contribution >= 4 is 11.9 Å². The number of hydrogen-bond donors (Lipinski definition) is 1. The quantitative estimate of drug-likeness (QED) is 0.220. The van der Waals surface area contributed by atoms with Crippen LogP contribution in [0.4, 0.5) is 0 Å². The molecule has 1 N–H and O–H groups in total. The molecule has 0 saturated heterocycles. The summed E-state index contributed by atoms with van der Waals surface area (Å²) in [5.41, 5.74) is -1.51. The Kier molecular flexibility index (Phi) is 13.7. The molecule has 1 unspecified atom stereocenters. The third-order valence-corrected chi connectivity index (χ3v) is 3.98. The van der Waals surface area contributed by atoms with E-state index in [1.807, 2.05) is 0 Å². The molecule has 1 atom stereocenters. The molecule has 0 amide bonds. The maximum Gasteiger partial charge on any atom is 0.338 e. The van der Waals surface area contributed by atoms with Gasteiger partial charge in [0.05, 0.1) is 13.7 Å². The van der Waals surface area contributed by atoms with Crippen molar-refractivity contribution in [2.45, 2.75) is 77.2 Å². The Bertz CT molecular complexity index is 428. The van der Waals surface area contributed by atoms with E-state index in [0.717, 1.165) is 19.3 Å². The smallest absolute Gasteiger partial charge is 0.338 e. The molecule has 5 heteroatoms. The normalized spacial score (nSPS) is 13.9. The molecule has 0 heterocycles. The fourth-order valence-corrected chi connectivity index (χ4v) is 2.52. The number of rotatable bonds is 14. The van der Waals surface area contributed by atoms with E-state index in [1.54, 1.807) is 19.1 Å². The average Bonchev–Trinajstić information content (AvgIpc) is 2.60. The maximum absolute atomic E-state index is 11.9. The van der Waals surface area contributed by atoms with Crippen LogP contribution in [0, 0.1) is 0 Å².